The molecule has 0 fully saturated rings. The van der Waals surface area contributed by atoms with Gasteiger partial charge in [0.1, 0.15) is 0 Å². The first-order chi connectivity index (χ1) is 8.90. The van der Waals surface area contributed by atoms with Gasteiger partial charge in [-0.05, 0) is 59.8 Å². The molecule has 0 aliphatic heterocycles. The largest absolute Gasteiger partial charge is 0.310 e. The fourth-order valence-electron chi connectivity index (χ4n) is 2.03. The van der Waals surface area contributed by atoms with Crippen molar-refractivity contribution in [3.8, 4) is 0 Å². The van der Waals surface area contributed by atoms with Gasteiger partial charge in [0.2, 0.25) is 0 Å². The van der Waals surface area contributed by atoms with Crippen molar-refractivity contribution in [1.82, 2.24) is 10.3 Å². The van der Waals surface area contributed by atoms with Gasteiger partial charge in [-0.15, -0.1) is 0 Å². The molecule has 2 aromatic heterocycles. The summed E-state index contributed by atoms with van der Waals surface area (Å²) in [7, 11) is 0. The summed E-state index contributed by atoms with van der Waals surface area (Å²) in [6, 6.07) is 6.80. The summed E-state index contributed by atoms with van der Waals surface area (Å²) in [5.74, 6) is 0. The first-order valence-corrected chi connectivity index (χ1v) is 7.49. The lowest BCUT2D eigenvalue weighted by Crippen LogP contribution is -2.22. The Morgan fingerprint density at radius 2 is 2.33 bits per heavy atom. The van der Waals surface area contributed by atoms with Gasteiger partial charge in [0.05, 0.1) is 0 Å². The summed E-state index contributed by atoms with van der Waals surface area (Å²) in [5, 5.41) is 7.99. The molecule has 0 bridgehead atoms. The van der Waals surface area contributed by atoms with E-state index < -0.39 is 0 Å². The molecule has 0 radical (unpaired) electrons. The van der Waals surface area contributed by atoms with Gasteiger partial charge < -0.3 is 5.32 Å². The van der Waals surface area contributed by atoms with Crippen LogP contribution in [0.2, 0.25) is 0 Å². The third-order valence-corrected chi connectivity index (χ3v) is 3.76. The van der Waals surface area contributed by atoms with Crippen molar-refractivity contribution in [3.63, 3.8) is 0 Å². The van der Waals surface area contributed by atoms with Crippen molar-refractivity contribution in [3.05, 3.63) is 52.5 Å². The molecule has 96 valence electrons. The molecular formula is C15H20N2S. The van der Waals surface area contributed by atoms with Gasteiger partial charge in [-0.25, -0.2) is 0 Å². The zero-order valence-corrected chi connectivity index (χ0v) is 11.6. The van der Waals surface area contributed by atoms with Crippen molar-refractivity contribution in [2.75, 3.05) is 6.54 Å². The van der Waals surface area contributed by atoms with Crippen molar-refractivity contribution in [2.24, 2.45) is 0 Å². The fourth-order valence-corrected chi connectivity index (χ4v) is 2.74. The third kappa shape index (κ3) is 3.93. The molecule has 2 aromatic rings. The van der Waals surface area contributed by atoms with E-state index in [2.05, 4.69) is 40.1 Å². The van der Waals surface area contributed by atoms with E-state index in [0.29, 0.717) is 6.04 Å². The standard InChI is InChI=1S/C15H20N2S/c1-2-8-17-15(14-4-3-9-16-11-14)6-5-13-7-10-18-12-13/h3-4,7,9-12,15,17H,2,5-6,8H2,1H3. The molecule has 1 atom stereocenters. The smallest absolute Gasteiger partial charge is 0.0338 e. The fraction of sp³-hybridized carbons (Fsp3) is 0.400. The molecule has 1 unspecified atom stereocenters. The first kappa shape index (κ1) is 13.2. The minimum atomic E-state index is 0.415. The van der Waals surface area contributed by atoms with Crippen LogP contribution in [0.25, 0.3) is 0 Å². The zero-order chi connectivity index (χ0) is 12.6. The lowest BCUT2D eigenvalue weighted by molar-refractivity contribution is 0.498. The predicted molar refractivity (Wildman–Crippen MR) is 77.9 cm³/mol. The Morgan fingerprint density at radius 1 is 1.39 bits per heavy atom. The second-order valence-electron chi connectivity index (χ2n) is 4.46. The maximum Gasteiger partial charge on any atom is 0.0338 e. The van der Waals surface area contributed by atoms with Gasteiger partial charge in [0.25, 0.3) is 0 Å². The predicted octanol–water partition coefficient (Wildman–Crippen LogP) is 3.82. The lowest BCUT2D eigenvalue weighted by Gasteiger charge is -2.18. The molecule has 1 N–H and O–H groups in total. The minimum absolute atomic E-state index is 0.415. The summed E-state index contributed by atoms with van der Waals surface area (Å²) in [6.45, 7) is 3.26. The molecule has 0 spiro atoms. The molecule has 2 rings (SSSR count). The van der Waals surface area contributed by atoms with Gasteiger partial charge in [0.15, 0.2) is 0 Å². The van der Waals surface area contributed by atoms with Crippen molar-refractivity contribution < 1.29 is 0 Å². The molecule has 2 nitrogen and oxygen atoms in total. The number of hydrogen-bond acceptors (Lipinski definition) is 3. The number of nitrogens with zero attached hydrogens (tertiary/aromatic N) is 1. The van der Waals surface area contributed by atoms with Crippen LogP contribution in [0.4, 0.5) is 0 Å². The normalized spacial score (nSPS) is 12.5. The van der Waals surface area contributed by atoms with E-state index in [9.17, 15) is 0 Å². The van der Waals surface area contributed by atoms with E-state index in [-0.39, 0.29) is 0 Å². The van der Waals surface area contributed by atoms with Crippen LogP contribution >= 0.6 is 11.3 Å². The Kier molecular flexibility index (Phi) is 5.36. The molecule has 2 heterocycles. The number of hydrogen-bond donors (Lipinski definition) is 1. The molecular weight excluding hydrogens is 240 g/mol. The third-order valence-electron chi connectivity index (χ3n) is 3.03. The monoisotopic (exact) mass is 260 g/mol. The summed E-state index contributed by atoms with van der Waals surface area (Å²) in [4.78, 5) is 4.22. The highest BCUT2D eigenvalue weighted by Gasteiger charge is 2.10. The van der Waals surface area contributed by atoms with Crippen LogP contribution in [-0.2, 0) is 6.42 Å². The van der Waals surface area contributed by atoms with E-state index >= 15 is 0 Å². The van der Waals surface area contributed by atoms with E-state index in [1.54, 1.807) is 11.3 Å². The number of aryl methyl sites for hydroxylation is 1. The Hall–Kier alpha value is -1.19. The number of rotatable bonds is 7. The highest BCUT2D eigenvalue weighted by molar-refractivity contribution is 7.07. The maximum atomic E-state index is 4.22. The average molecular weight is 260 g/mol. The summed E-state index contributed by atoms with van der Waals surface area (Å²) < 4.78 is 0. The van der Waals surface area contributed by atoms with E-state index in [1.807, 2.05) is 18.5 Å². The van der Waals surface area contributed by atoms with Gasteiger partial charge >= 0.3 is 0 Å². The first-order valence-electron chi connectivity index (χ1n) is 6.54. The molecule has 0 saturated heterocycles. The van der Waals surface area contributed by atoms with Gasteiger partial charge in [-0.3, -0.25) is 4.98 Å². The Bertz CT molecular complexity index is 425. The van der Waals surface area contributed by atoms with E-state index in [0.717, 1.165) is 25.8 Å². The van der Waals surface area contributed by atoms with Crippen molar-refractivity contribution >= 4 is 11.3 Å². The number of thiophene rings is 1. The topological polar surface area (TPSA) is 24.9 Å². The van der Waals surface area contributed by atoms with Crippen LogP contribution in [0.1, 0.15) is 36.9 Å². The summed E-state index contributed by atoms with van der Waals surface area (Å²) in [6.07, 6.45) is 7.22. The van der Waals surface area contributed by atoms with Gasteiger partial charge in [0, 0.05) is 18.4 Å². The highest BCUT2D eigenvalue weighted by Crippen LogP contribution is 2.19. The summed E-state index contributed by atoms with van der Waals surface area (Å²) in [5.41, 5.74) is 2.73. The van der Waals surface area contributed by atoms with E-state index in [4.69, 9.17) is 0 Å². The van der Waals surface area contributed by atoms with Crippen LogP contribution in [0.3, 0.4) is 0 Å². The molecule has 0 amide bonds. The van der Waals surface area contributed by atoms with Gasteiger partial charge in [-0.2, -0.15) is 11.3 Å². The molecule has 0 aliphatic carbocycles. The molecule has 3 heteroatoms. The lowest BCUT2D eigenvalue weighted by atomic mass is 10.0. The Morgan fingerprint density at radius 3 is 3.00 bits per heavy atom. The van der Waals surface area contributed by atoms with E-state index in [1.165, 1.54) is 11.1 Å². The Labute approximate surface area is 113 Å². The van der Waals surface area contributed by atoms with Crippen LogP contribution in [0, 0.1) is 0 Å². The highest BCUT2D eigenvalue weighted by atomic mass is 32.1. The van der Waals surface area contributed by atoms with Gasteiger partial charge in [-0.1, -0.05) is 13.0 Å². The number of pyridine rings is 1. The zero-order valence-electron chi connectivity index (χ0n) is 10.8. The summed E-state index contributed by atoms with van der Waals surface area (Å²) >= 11 is 1.77. The van der Waals surface area contributed by atoms with Crippen LogP contribution in [0.15, 0.2) is 41.4 Å². The second-order valence-corrected chi connectivity index (χ2v) is 5.24. The molecule has 18 heavy (non-hydrogen) atoms. The average Bonchev–Trinajstić information content (AvgIpc) is 2.93. The quantitative estimate of drug-likeness (QED) is 0.818. The van der Waals surface area contributed by atoms with Crippen molar-refractivity contribution in [2.45, 2.75) is 32.2 Å². The number of nitrogens with one attached hydrogen (secondary N) is 1. The Balaban J connectivity index is 1.96. The molecule has 0 saturated carbocycles. The second kappa shape index (κ2) is 7.29. The number of aromatic nitrogens is 1. The van der Waals surface area contributed by atoms with Crippen molar-refractivity contribution in [1.29, 1.82) is 0 Å². The molecule has 0 aliphatic rings. The SMILES string of the molecule is CCCNC(CCc1ccsc1)c1cccnc1. The van der Waals surface area contributed by atoms with Crippen LogP contribution in [-0.4, -0.2) is 11.5 Å². The maximum absolute atomic E-state index is 4.22. The van der Waals surface area contributed by atoms with Crippen LogP contribution in [0.5, 0.6) is 0 Å². The molecule has 0 aromatic carbocycles. The minimum Gasteiger partial charge on any atom is -0.310 e. The van der Waals surface area contributed by atoms with Crippen LogP contribution < -0.4 is 5.32 Å².